The molecule has 1 N–H and O–H groups in total. The summed E-state index contributed by atoms with van der Waals surface area (Å²) in [6.07, 6.45) is 5.42. The number of nitrogens with one attached hydrogen (secondary N) is 1. The highest BCUT2D eigenvalue weighted by Crippen LogP contribution is 2.31. The van der Waals surface area contributed by atoms with E-state index < -0.39 is 0 Å². The van der Waals surface area contributed by atoms with E-state index in [0.29, 0.717) is 10.2 Å². The fourth-order valence-corrected chi connectivity index (χ4v) is 3.71. The molecule has 4 nitrogen and oxygen atoms in total. The van der Waals surface area contributed by atoms with Gasteiger partial charge < -0.3 is 4.74 Å². The Kier molecular flexibility index (Phi) is 7.44. The number of amides is 1. The zero-order chi connectivity index (χ0) is 20.6. The topological polar surface area (TPSA) is 51.2 Å². The number of unbranched alkanes of at least 4 members (excludes halogenated alkanes) is 1. The highest BCUT2D eigenvalue weighted by atomic mass is 35.5. The molecule has 1 amide bonds. The number of nitrogens with zero attached hydrogens (tertiary/aromatic N) is 1. The van der Waals surface area contributed by atoms with Gasteiger partial charge in [0, 0.05) is 21.5 Å². The lowest BCUT2D eigenvalue weighted by molar-refractivity contribution is -0.111. The molecule has 0 saturated carbocycles. The molecule has 0 aliphatic carbocycles. The number of carbonyl (C=O) groups excluding carboxylic acids is 1. The van der Waals surface area contributed by atoms with Crippen LogP contribution in [0.3, 0.4) is 0 Å². The van der Waals surface area contributed by atoms with Crippen LogP contribution in [0.1, 0.15) is 30.2 Å². The minimum Gasteiger partial charge on any atom is -0.494 e. The molecule has 3 aromatic rings. The van der Waals surface area contributed by atoms with E-state index in [-0.39, 0.29) is 5.91 Å². The maximum Gasteiger partial charge on any atom is 0.250 e. The summed E-state index contributed by atoms with van der Waals surface area (Å²) in [5.74, 6) is 0.617. The van der Waals surface area contributed by atoms with Crippen molar-refractivity contribution in [2.75, 3.05) is 11.9 Å². The number of hydrogen-bond donors (Lipinski definition) is 1. The number of thiazole rings is 1. The van der Waals surface area contributed by atoms with Crippen LogP contribution in [0.5, 0.6) is 5.75 Å². The number of aromatic nitrogens is 1. The van der Waals surface area contributed by atoms with Crippen molar-refractivity contribution in [3.8, 4) is 17.0 Å². The molecule has 3 rings (SSSR count). The normalized spacial score (nSPS) is 11.0. The Hall–Kier alpha value is -2.63. The van der Waals surface area contributed by atoms with Gasteiger partial charge in [0.05, 0.1) is 12.3 Å². The predicted molar refractivity (Wildman–Crippen MR) is 122 cm³/mol. The summed E-state index contributed by atoms with van der Waals surface area (Å²) in [5.41, 5.74) is 2.69. The molecule has 29 heavy (non-hydrogen) atoms. The molecule has 0 spiro atoms. The molecule has 0 saturated heterocycles. The molecule has 0 aliphatic rings. The van der Waals surface area contributed by atoms with Crippen LogP contribution in [0.25, 0.3) is 17.3 Å². The summed E-state index contributed by atoms with van der Waals surface area (Å²) in [6, 6.07) is 15.2. The van der Waals surface area contributed by atoms with Crippen LogP contribution in [0, 0.1) is 6.92 Å². The lowest BCUT2D eigenvalue weighted by atomic mass is 10.1. The Balaban J connectivity index is 1.60. The standard InChI is InChI=1S/C23H23ClN2O2S/c1-3-4-14-28-20-11-8-17(9-12-20)10-13-21(27)25-23-26-22(16(2)29-23)18-6-5-7-19(24)15-18/h5-13,15H,3-4,14H2,1-2H3,(H,25,26,27). The first kappa shape index (κ1) is 21.1. The van der Waals surface area contributed by atoms with Crippen molar-refractivity contribution >= 4 is 40.1 Å². The van der Waals surface area contributed by atoms with Gasteiger partial charge in [-0.2, -0.15) is 0 Å². The molecular weight excluding hydrogens is 404 g/mol. The summed E-state index contributed by atoms with van der Waals surface area (Å²) in [5, 5.41) is 4.05. The summed E-state index contributed by atoms with van der Waals surface area (Å²) in [6.45, 7) is 4.83. The summed E-state index contributed by atoms with van der Waals surface area (Å²) < 4.78 is 5.64. The van der Waals surface area contributed by atoms with E-state index in [1.54, 1.807) is 6.08 Å². The van der Waals surface area contributed by atoms with E-state index in [9.17, 15) is 4.79 Å². The number of halogens is 1. The molecule has 1 aromatic heterocycles. The van der Waals surface area contributed by atoms with Gasteiger partial charge in [-0.25, -0.2) is 4.98 Å². The van der Waals surface area contributed by atoms with Crippen LogP contribution in [-0.4, -0.2) is 17.5 Å². The van der Waals surface area contributed by atoms with Crippen LogP contribution in [0.4, 0.5) is 5.13 Å². The zero-order valence-electron chi connectivity index (χ0n) is 16.4. The summed E-state index contributed by atoms with van der Waals surface area (Å²) in [7, 11) is 0. The van der Waals surface area contributed by atoms with E-state index >= 15 is 0 Å². The van der Waals surface area contributed by atoms with E-state index in [2.05, 4.69) is 17.2 Å². The van der Waals surface area contributed by atoms with Gasteiger partial charge in [0.25, 0.3) is 0 Å². The Labute approximate surface area is 180 Å². The van der Waals surface area contributed by atoms with Gasteiger partial charge in [-0.05, 0) is 49.2 Å². The monoisotopic (exact) mass is 426 g/mol. The number of carbonyl (C=O) groups is 1. The summed E-state index contributed by atoms with van der Waals surface area (Å²) >= 11 is 7.51. The van der Waals surface area contributed by atoms with E-state index in [0.717, 1.165) is 46.9 Å². The predicted octanol–water partition coefficient (Wildman–Crippen LogP) is 6.60. The third-order valence-corrected chi connectivity index (χ3v) is 5.32. The average Bonchev–Trinajstić information content (AvgIpc) is 3.07. The first-order chi connectivity index (χ1) is 14.0. The third-order valence-electron chi connectivity index (χ3n) is 4.20. The van der Waals surface area contributed by atoms with Gasteiger partial charge in [0.15, 0.2) is 5.13 Å². The zero-order valence-corrected chi connectivity index (χ0v) is 18.0. The molecule has 0 fully saturated rings. The van der Waals surface area contributed by atoms with Gasteiger partial charge in [0.2, 0.25) is 5.91 Å². The van der Waals surface area contributed by atoms with Crippen LogP contribution in [-0.2, 0) is 4.79 Å². The van der Waals surface area contributed by atoms with E-state index in [4.69, 9.17) is 16.3 Å². The number of ether oxygens (including phenoxy) is 1. The van der Waals surface area contributed by atoms with E-state index in [1.165, 1.54) is 17.4 Å². The minimum atomic E-state index is -0.223. The first-order valence-electron chi connectivity index (χ1n) is 9.50. The highest BCUT2D eigenvalue weighted by Gasteiger charge is 2.11. The molecule has 0 radical (unpaired) electrons. The lowest BCUT2D eigenvalue weighted by Gasteiger charge is -2.05. The Bertz CT molecular complexity index is 996. The molecular formula is C23H23ClN2O2S. The molecule has 1 heterocycles. The van der Waals surface area contributed by atoms with Crippen molar-refractivity contribution in [3.63, 3.8) is 0 Å². The second-order valence-corrected chi connectivity index (χ2v) is 8.17. The minimum absolute atomic E-state index is 0.223. The highest BCUT2D eigenvalue weighted by molar-refractivity contribution is 7.16. The summed E-state index contributed by atoms with van der Waals surface area (Å²) in [4.78, 5) is 17.8. The fourth-order valence-electron chi connectivity index (χ4n) is 2.68. The Morgan fingerprint density at radius 3 is 2.76 bits per heavy atom. The number of anilines is 1. The molecule has 0 bridgehead atoms. The van der Waals surface area contributed by atoms with Crippen molar-refractivity contribution in [1.29, 1.82) is 0 Å². The van der Waals surface area contributed by atoms with Gasteiger partial charge in [-0.1, -0.05) is 49.2 Å². The Morgan fingerprint density at radius 1 is 1.24 bits per heavy atom. The van der Waals surface area contributed by atoms with Crippen molar-refractivity contribution in [2.24, 2.45) is 0 Å². The van der Waals surface area contributed by atoms with Crippen molar-refractivity contribution in [1.82, 2.24) is 4.98 Å². The van der Waals surface area contributed by atoms with Gasteiger partial charge in [-0.3, -0.25) is 10.1 Å². The van der Waals surface area contributed by atoms with E-state index in [1.807, 2.05) is 55.5 Å². The largest absolute Gasteiger partial charge is 0.494 e. The average molecular weight is 427 g/mol. The van der Waals surface area contributed by atoms with Crippen LogP contribution in [0.2, 0.25) is 5.02 Å². The van der Waals surface area contributed by atoms with Crippen LogP contribution < -0.4 is 10.1 Å². The Morgan fingerprint density at radius 2 is 2.03 bits per heavy atom. The molecule has 150 valence electrons. The molecule has 0 atom stereocenters. The molecule has 2 aromatic carbocycles. The second kappa shape index (κ2) is 10.2. The number of benzene rings is 2. The van der Waals surface area contributed by atoms with Crippen LogP contribution in [0.15, 0.2) is 54.6 Å². The maximum atomic E-state index is 12.3. The van der Waals surface area contributed by atoms with Gasteiger partial charge in [-0.15, -0.1) is 11.3 Å². The first-order valence-corrected chi connectivity index (χ1v) is 10.7. The van der Waals surface area contributed by atoms with Crippen molar-refractivity contribution in [3.05, 3.63) is 70.1 Å². The quantitative estimate of drug-likeness (QED) is 0.326. The van der Waals surface area contributed by atoms with Crippen molar-refractivity contribution < 1.29 is 9.53 Å². The molecule has 6 heteroatoms. The smallest absolute Gasteiger partial charge is 0.250 e. The number of aryl methyl sites for hydroxylation is 1. The van der Waals surface area contributed by atoms with Crippen LogP contribution >= 0.6 is 22.9 Å². The SMILES string of the molecule is CCCCOc1ccc(C=CC(=O)Nc2nc(-c3cccc(Cl)c3)c(C)s2)cc1. The van der Waals surface area contributed by atoms with Gasteiger partial charge >= 0.3 is 0 Å². The lowest BCUT2D eigenvalue weighted by Crippen LogP contribution is -2.07. The number of hydrogen-bond acceptors (Lipinski definition) is 4. The maximum absolute atomic E-state index is 12.3. The molecule has 0 aliphatic heterocycles. The van der Waals surface area contributed by atoms with Gasteiger partial charge in [0.1, 0.15) is 5.75 Å². The second-order valence-electron chi connectivity index (χ2n) is 6.53. The van der Waals surface area contributed by atoms with Crippen molar-refractivity contribution in [2.45, 2.75) is 26.7 Å². The number of rotatable bonds is 8. The fraction of sp³-hybridized carbons (Fsp3) is 0.217. The molecule has 0 unspecified atom stereocenters. The third kappa shape index (κ3) is 6.17.